The highest BCUT2D eigenvalue weighted by Crippen LogP contribution is 2.32. The molecule has 0 radical (unpaired) electrons. The summed E-state index contributed by atoms with van der Waals surface area (Å²) in [6.07, 6.45) is 5.33. The summed E-state index contributed by atoms with van der Waals surface area (Å²) in [5.74, 6) is 0.409. The second-order valence-electron chi connectivity index (χ2n) is 4.09. The Morgan fingerprint density at radius 2 is 2.07 bits per heavy atom. The summed E-state index contributed by atoms with van der Waals surface area (Å²) in [5.41, 5.74) is 0. The number of likely N-dealkylation sites (tertiary alicyclic amines) is 1. The second-order valence-corrected chi connectivity index (χ2v) is 5.37. The van der Waals surface area contributed by atoms with Crippen LogP contribution < -0.4 is 0 Å². The molecule has 0 saturated carbocycles. The number of rotatable bonds is 5. The standard InChI is InChI=1S/C11H21NOS/c1-4-11(5-2,14-3)9-12-7-6-10(13)8-12/h4-9H2,1-3H3. The molecule has 1 heterocycles. The van der Waals surface area contributed by atoms with Gasteiger partial charge in [-0.2, -0.15) is 11.8 Å². The first-order valence-corrected chi connectivity index (χ1v) is 6.67. The van der Waals surface area contributed by atoms with E-state index in [1.54, 1.807) is 0 Å². The Balaban J connectivity index is 2.51. The average molecular weight is 215 g/mol. The van der Waals surface area contributed by atoms with Crippen LogP contribution in [0.15, 0.2) is 0 Å². The third-order valence-electron chi connectivity index (χ3n) is 3.34. The number of carbonyl (C=O) groups excluding carboxylic acids is 1. The third kappa shape index (κ3) is 2.74. The Kier molecular flexibility index (Phi) is 4.45. The van der Waals surface area contributed by atoms with Crippen LogP contribution in [0, 0.1) is 0 Å². The molecule has 0 amide bonds. The van der Waals surface area contributed by atoms with Crippen LogP contribution in [-0.4, -0.2) is 41.3 Å². The molecule has 1 aliphatic heterocycles. The quantitative estimate of drug-likeness (QED) is 0.701. The van der Waals surface area contributed by atoms with Crippen LogP contribution >= 0.6 is 11.8 Å². The van der Waals surface area contributed by atoms with Crippen molar-refractivity contribution in [1.82, 2.24) is 4.90 Å². The smallest absolute Gasteiger partial charge is 0.148 e. The molecular weight excluding hydrogens is 194 g/mol. The van der Waals surface area contributed by atoms with Crippen LogP contribution in [0.5, 0.6) is 0 Å². The number of hydrogen-bond acceptors (Lipinski definition) is 3. The van der Waals surface area contributed by atoms with Crippen molar-refractivity contribution < 1.29 is 4.79 Å². The number of carbonyl (C=O) groups is 1. The molecule has 0 N–H and O–H groups in total. The summed E-state index contributed by atoms with van der Waals surface area (Å²) >= 11 is 1.95. The van der Waals surface area contributed by atoms with Gasteiger partial charge in [-0.25, -0.2) is 0 Å². The maximum absolute atomic E-state index is 11.2. The molecule has 0 atom stereocenters. The molecule has 0 aromatic heterocycles. The maximum atomic E-state index is 11.2. The van der Waals surface area contributed by atoms with E-state index in [-0.39, 0.29) is 0 Å². The molecule has 3 heteroatoms. The van der Waals surface area contributed by atoms with E-state index in [1.807, 2.05) is 11.8 Å². The lowest BCUT2D eigenvalue weighted by Gasteiger charge is -2.33. The normalized spacial score (nSPS) is 19.2. The molecule has 14 heavy (non-hydrogen) atoms. The molecular formula is C11H21NOS. The van der Waals surface area contributed by atoms with Gasteiger partial charge >= 0.3 is 0 Å². The summed E-state index contributed by atoms with van der Waals surface area (Å²) in [5, 5.41) is 0. The molecule has 0 spiro atoms. The molecule has 1 saturated heterocycles. The van der Waals surface area contributed by atoms with E-state index < -0.39 is 0 Å². The lowest BCUT2D eigenvalue weighted by Crippen LogP contribution is -2.38. The molecule has 0 aromatic rings. The lowest BCUT2D eigenvalue weighted by atomic mass is 10.0. The van der Waals surface area contributed by atoms with E-state index >= 15 is 0 Å². The van der Waals surface area contributed by atoms with Gasteiger partial charge in [-0.05, 0) is 19.1 Å². The highest BCUT2D eigenvalue weighted by Gasteiger charge is 2.30. The fourth-order valence-corrected chi connectivity index (χ4v) is 2.95. The van der Waals surface area contributed by atoms with Crippen LogP contribution in [0.4, 0.5) is 0 Å². The topological polar surface area (TPSA) is 20.3 Å². The van der Waals surface area contributed by atoms with Gasteiger partial charge in [0.1, 0.15) is 5.78 Å². The Morgan fingerprint density at radius 3 is 2.43 bits per heavy atom. The summed E-state index contributed by atoms with van der Waals surface area (Å²) in [6.45, 7) is 7.23. The molecule has 1 fully saturated rings. The van der Waals surface area contributed by atoms with Crippen molar-refractivity contribution in [2.24, 2.45) is 0 Å². The number of ketones is 1. The average Bonchev–Trinajstić information content (AvgIpc) is 2.61. The fourth-order valence-electron chi connectivity index (χ4n) is 2.06. The van der Waals surface area contributed by atoms with Crippen molar-refractivity contribution in [2.75, 3.05) is 25.9 Å². The van der Waals surface area contributed by atoms with Gasteiger partial charge in [-0.15, -0.1) is 0 Å². The van der Waals surface area contributed by atoms with Crippen molar-refractivity contribution >= 4 is 17.5 Å². The minimum absolute atomic E-state index is 0.366. The van der Waals surface area contributed by atoms with Gasteiger partial charge in [0.2, 0.25) is 0 Å². The van der Waals surface area contributed by atoms with Gasteiger partial charge in [0.25, 0.3) is 0 Å². The van der Waals surface area contributed by atoms with Crippen molar-refractivity contribution in [1.29, 1.82) is 0 Å². The molecule has 0 aromatic carbocycles. The van der Waals surface area contributed by atoms with Crippen molar-refractivity contribution in [3.05, 3.63) is 0 Å². The molecule has 82 valence electrons. The van der Waals surface area contributed by atoms with Crippen LogP contribution in [0.3, 0.4) is 0 Å². The van der Waals surface area contributed by atoms with Crippen molar-refractivity contribution in [3.63, 3.8) is 0 Å². The van der Waals surface area contributed by atoms with E-state index in [4.69, 9.17) is 0 Å². The van der Waals surface area contributed by atoms with Gasteiger partial charge in [0.15, 0.2) is 0 Å². The van der Waals surface area contributed by atoms with Gasteiger partial charge in [-0.3, -0.25) is 9.69 Å². The molecule has 0 bridgehead atoms. The largest absolute Gasteiger partial charge is 0.298 e. The Hall–Kier alpha value is -0.0200. The summed E-state index contributed by atoms with van der Waals surface area (Å²) < 4.78 is 0.366. The van der Waals surface area contributed by atoms with Crippen LogP contribution in [0.1, 0.15) is 33.1 Å². The molecule has 1 rings (SSSR count). The number of thioether (sulfide) groups is 1. The van der Waals surface area contributed by atoms with E-state index in [0.29, 0.717) is 17.1 Å². The highest BCUT2D eigenvalue weighted by atomic mass is 32.2. The second kappa shape index (κ2) is 5.17. The monoisotopic (exact) mass is 215 g/mol. The summed E-state index contributed by atoms with van der Waals surface area (Å²) in [4.78, 5) is 13.5. The lowest BCUT2D eigenvalue weighted by molar-refractivity contribution is -0.116. The number of hydrogen-bond donors (Lipinski definition) is 0. The zero-order valence-electron chi connectivity index (χ0n) is 9.51. The first kappa shape index (κ1) is 12.1. The molecule has 0 aliphatic carbocycles. The predicted octanol–water partition coefficient (Wildman–Crippen LogP) is 2.18. The predicted molar refractivity (Wildman–Crippen MR) is 62.9 cm³/mol. The Morgan fingerprint density at radius 1 is 1.43 bits per heavy atom. The van der Waals surface area contributed by atoms with E-state index in [1.165, 1.54) is 12.8 Å². The summed E-state index contributed by atoms with van der Waals surface area (Å²) in [6, 6.07) is 0. The molecule has 2 nitrogen and oxygen atoms in total. The van der Waals surface area contributed by atoms with Crippen molar-refractivity contribution in [3.8, 4) is 0 Å². The van der Waals surface area contributed by atoms with E-state index in [9.17, 15) is 4.79 Å². The third-order valence-corrected chi connectivity index (χ3v) is 4.91. The number of Topliss-reactive ketones (excluding diaryl/α,β-unsaturated/α-hetero) is 1. The van der Waals surface area contributed by atoms with Gasteiger partial charge in [-0.1, -0.05) is 13.8 Å². The Labute approximate surface area is 91.4 Å². The van der Waals surface area contributed by atoms with Crippen LogP contribution in [0.25, 0.3) is 0 Å². The maximum Gasteiger partial charge on any atom is 0.148 e. The molecule has 1 aliphatic rings. The summed E-state index contributed by atoms with van der Waals surface area (Å²) in [7, 11) is 0. The first-order valence-electron chi connectivity index (χ1n) is 5.45. The SMILES string of the molecule is CCC(CC)(CN1CCC(=O)C1)SC. The minimum atomic E-state index is 0.366. The van der Waals surface area contributed by atoms with Crippen molar-refractivity contribution in [2.45, 2.75) is 37.9 Å². The van der Waals surface area contributed by atoms with Crippen LogP contribution in [-0.2, 0) is 4.79 Å². The fraction of sp³-hybridized carbons (Fsp3) is 0.909. The van der Waals surface area contributed by atoms with Crippen LogP contribution in [0.2, 0.25) is 0 Å². The zero-order valence-corrected chi connectivity index (χ0v) is 10.3. The van der Waals surface area contributed by atoms with E-state index in [2.05, 4.69) is 25.0 Å². The molecule has 0 unspecified atom stereocenters. The first-order chi connectivity index (χ1) is 6.65. The van der Waals surface area contributed by atoms with Gasteiger partial charge in [0.05, 0.1) is 6.54 Å². The zero-order chi connectivity index (χ0) is 10.6. The number of nitrogens with zero attached hydrogens (tertiary/aromatic N) is 1. The van der Waals surface area contributed by atoms with E-state index in [0.717, 1.165) is 19.5 Å². The van der Waals surface area contributed by atoms with Gasteiger partial charge in [0, 0.05) is 24.3 Å². The minimum Gasteiger partial charge on any atom is -0.298 e. The highest BCUT2D eigenvalue weighted by molar-refractivity contribution is 8.00. The Bertz CT molecular complexity index is 193. The van der Waals surface area contributed by atoms with Gasteiger partial charge < -0.3 is 0 Å².